The Morgan fingerprint density at radius 1 is 1.17 bits per heavy atom. The molecule has 0 bridgehead atoms. The molecule has 3 rings (SSSR count). The fraction of sp³-hybridized carbons (Fsp3) is 0.263. The predicted molar refractivity (Wildman–Crippen MR) is 92.2 cm³/mol. The van der Waals surface area contributed by atoms with E-state index in [0.717, 1.165) is 16.8 Å². The van der Waals surface area contributed by atoms with Gasteiger partial charge in [-0.15, -0.1) is 0 Å². The Hall–Kier alpha value is -2.82. The van der Waals surface area contributed by atoms with Crippen LogP contribution in [0.5, 0.6) is 5.75 Å². The average molecular weight is 324 g/mol. The number of likely N-dealkylation sites (N-methyl/N-ethyl adjacent to an activating group) is 1. The van der Waals surface area contributed by atoms with E-state index < -0.39 is 11.5 Å². The molecule has 1 aliphatic heterocycles. The van der Waals surface area contributed by atoms with Gasteiger partial charge in [0, 0.05) is 19.3 Å². The zero-order chi connectivity index (χ0) is 17.3. The lowest BCUT2D eigenvalue weighted by atomic mass is 9.85. The Morgan fingerprint density at radius 3 is 2.58 bits per heavy atom. The second-order valence-corrected chi connectivity index (χ2v) is 6.40. The van der Waals surface area contributed by atoms with Crippen LogP contribution >= 0.6 is 0 Å². The smallest absolute Gasteiger partial charge is 0.410 e. The zero-order valence-corrected chi connectivity index (χ0v) is 14.0. The van der Waals surface area contributed by atoms with Crippen LogP contribution < -0.4 is 15.0 Å². The molecule has 0 unspecified atom stereocenters. The number of ether oxygens (including phenoxy) is 1. The van der Waals surface area contributed by atoms with E-state index in [1.807, 2.05) is 38.1 Å². The fourth-order valence-electron chi connectivity index (χ4n) is 2.94. The average Bonchev–Trinajstić information content (AvgIpc) is 2.75. The van der Waals surface area contributed by atoms with Gasteiger partial charge in [0.15, 0.2) is 0 Å². The van der Waals surface area contributed by atoms with Crippen molar-refractivity contribution in [3.8, 4) is 5.75 Å². The summed E-state index contributed by atoms with van der Waals surface area (Å²) in [6, 6.07) is 14.7. The van der Waals surface area contributed by atoms with Crippen molar-refractivity contribution >= 4 is 17.7 Å². The minimum Gasteiger partial charge on any atom is -0.410 e. The second kappa shape index (κ2) is 6.00. The number of para-hydroxylation sites is 1. The number of rotatable bonds is 3. The SMILES string of the molecule is CN1C(=O)C(C)(C)c2cc(CNC(=O)Oc3ccccc3)ccc21. The number of hydrogen-bond donors (Lipinski definition) is 1. The summed E-state index contributed by atoms with van der Waals surface area (Å²) in [5, 5.41) is 2.73. The Kier molecular flexibility index (Phi) is 4.01. The van der Waals surface area contributed by atoms with Crippen molar-refractivity contribution < 1.29 is 14.3 Å². The lowest BCUT2D eigenvalue weighted by Crippen LogP contribution is -2.33. The number of anilines is 1. The first-order valence-corrected chi connectivity index (χ1v) is 7.82. The van der Waals surface area contributed by atoms with Gasteiger partial charge >= 0.3 is 6.09 Å². The first kappa shape index (κ1) is 16.1. The number of nitrogens with one attached hydrogen (secondary N) is 1. The summed E-state index contributed by atoms with van der Waals surface area (Å²) in [6.07, 6.45) is -0.505. The number of fused-ring (bicyclic) bond motifs is 1. The summed E-state index contributed by atoms with van der Waals surface area (Å²) < 4.78 is 5.19. The minimum atomic E-state index is -0.551. The van der Waals surface area contributed by atoms with E-state index in [4.69, 9.17) is 4.74 Å². The van der Waals surface area contributed by atoms with E-state index in [2.05, 4.69) is 5.32 Å². The Balaban J connectivity index is 1.68. The van der Waals surface area contributed by atoms with Gasteiger partial charge in [0.1, 0.15) is 5.75 Å². The summed E-state index contributed by atoms with van der Waals surface area (Å²) in [5.41, 5.74) is 2.27. The molecular formula is C19H20N2O3. The van der Waals surface area contributed by atoms with Crippen LogP contribution in [0.2, 0.25) is 0 Å². The molecule has 1 aliphatic rings. The van der Waals surface area contributed by atoms with E-state index in [0.29, 0.717) is 12.3 Å². The minimum absolute atomic E-state index is 0.0751. The molecule has 24 heavy (non-hydrogen) atoms. The lowest BCUT2D eigenvalue weighted by Gasteiger charge is -2.16. The van der Waals surface area contributed by atoms with E-state index in [1.54, 1.807) is 36.2 Å². The standard InChI is InChI=1S/C19H20N2O3/c1-19(2)15-11-13(9-10-16(15)21(3)17(19)22)12-20-18(23)24-14-7-5-4-6-8-14/h4-11H,12H2,1-3H3,(H,20,23). The molecule has 5 nitrogen and oxygen atoms in total. The highest BCUT2D eigenvalue weighted by molar-refractivity contribution is 6.07. The first-order chi connectivity index (χ1) is 11.4. The summed E-state index contributed by atoms with van der Waals surface area (Å²) in [7, 11) is 1.78. The van der Waals surface area contributed by atoms with Crippen LogP contribution in [0.25, 0.3) is 0 Å². The summed E-state index contributed by atoms with van der Waals surface area (Å²) in [5.74, 6) is 0.573. The van der Waals surface area contributed by atoms with Gasteiger partial charge in [0.2, 0.25) is 5.91 Å². The number of carbonyl (C=O) groups is 2. The number of benzene rings is 2. The molecule has 0 saturated heterocycles. The van der Waals surface area contributed by atoms with Crippen LogP contribution in [0.3, 0.4) is 0 Å². The van der Waals surface area contributed by atoms with Crippen molar-refractivity contribution in [2.45, 2.75) is 25.8 Å². The normalized spacial score (nSPS) is 15.1. The monoisotopic (exact) mass is 324 g/mol. The first-order valence-electron chi connectivity index (χ1n) is 7.82. The third-order valence-electron chi connectivity index (χ3n) is 4.33. The molecule has 0 atom stereocenters. The Bertz CT molecular complexity index is 784. The van der Waals surface area contributed by atoms with Crippen molar-refractivity contribution in [2.24, 2.45) is 0 Å². The van der Waals surface area contributed by atoms with Crippen molar-refractivity contribution in [3.63, 3.8) is 0 Å². The molecule has 5 heteroatoms. The van der Waals surface area contributed by atoms with E-state index in [9.17, 15) is 9.59 Å². The van der Waals surface area contributed by atoms with Crippen molar-refractivity contribution in [3.05, 3.63) is 59.7 Å². The number of amides is 2. The second-order valence-electron chi connectivity index (χ2n) is 6.40. The van der Waals surface area contributed by atoms with E-state index >= 15 is 0 Å². The molecule has 0 saturated carbocycles. The van der Waals surface area contributed by atoms with Crippen LogP contribution in [0.4, 0.5) is 10.5 Å². The van der Waals surface area contributed by atoms with Crippen molar-refractivity contribution in [2.75, 3.05) is 11.9 Å². The third kappa shape index (κ3) is 2.85. The predicted octanol–water partition coefficient (Wildman–Crippen LogP) is 3.23. The Morgan fingerprint density at radius 2 is 1.88 bits per heavy atom. The molecule has 0 spiro atoms. The number of carbonyl (C=O) groups excluding carboxylic acids is 2. The molecule has 2 aromatic carbocycles. The fourth-order valence-corrected chi connectivity index (χ4v) is 2.94. The summed E-state index contributed by atoms with van der Waals surface area (Å²) in [6.45, 7) is 4.17. The number of nitrogens with zero attached hydrogens (tertiary/aromatic N) is 1. The van der Waals surface area contributed by atoms with Crippen molar-refractivity contribution in [1.82, 2.24) is 5.32 Å². The number of hydrogen-bond acceptors (Lipinski definition) is 3. The highest BCUT2D eigenvalue weighted by atomic mass is 16.6. The van der Waals surface area contributed by atoms with Crippen LogP contribution in [-0.4, -0.2) is 19.0 Å². The summed E-state index contributed by atoms with van der Waals surface area (Å²) >= 11 is 0. The van der Waals surface area contributed by atoms with E-state index in [-0.39, 0.29) is 5.91 Å². The molecule has 124 valence electrons. The highest BCUT2D eigenvalue weighted by Gasteiger charge is 2.42. The van der Waals surface area contributed by atoms with Gasteiger partial charge < -0.3 is 15.0 Å². The van der Waals surface area contributed by atoms with Gasteiger partial charge in [-0.25, -0.2) is 4.79 Å². The zero-order valence-electron chi connectivity index (χ0n) is 14.0. The maximum atomic E-state index is 12.3. The molecule has 1 heterocycles. The molecular weight excluding hydrogens is 304 g/mol. The van der Waals surface area contributed by atoms with Crippen molar-refractivity contribution in [1.29, 1.82) is 0 Å². The molecule has 0 aromatic heterocycles. The highest BCUT2D eigenvalue weighted by Crippen LogP contribution is 2.40. The van der Waals surface area contributed by atoms with Crippen LogP contribution in [0.15, 0.2) is 48.5 Å². The topological polar surface area (TPSA) is 58.6 Å². The molecule has 1 N–H and O–H groups in total. The van der Waals surface area contributed by atoms with Gasteiger partial charge in [-0.2, -0.15) is 0 Å². The molecule has 0 radical (unpaired) electrons. The molecule has 2 aromatic rings. The maximum absolute atomic E-state index is 12.3. The van der Waals surface area contributed by atoms with E-state index in [1.165, 1.54) is 0 Å². The molecule has 0 fully saturated rings. The quantitative estimate of drug-likeness (QED) is 0.943. The lowest BCUT2D eigenvalue weighted by molar-refractivity contribution is -0.121. The summed E-state index contributed by atoms with van der Waals surface area (Å²) in [4.78, 5) is 25.8. The third-order valence-corrected chi connectivity index (χ3v) is 4.33. The van der Waals surface area contributed by atoms with Crippen LogP contribution in [0, 0.1) is 0 Å². The van der Waals surface area contributed by atoms with Gasteiger partial charge in [0.05, 0.1) is 5.41 Å². The van der Waals surface area contributed by atoms with Crippen LogP contribution in [-0.2, 0) is 16.8 Å². The largest absolute Gasteiger partial charge is 0.412 e. The van der Waals surface area contributed by atoms with Crippen LogP contribution in [0.1, 0.15) is 25.0 Å². The van der Waals surface area contributed by atoms with Gasteiger partial charge in [0.25, 0.3) is 0 Å². The van der Waals surface area contributed by atoms with Gasteiger partial charge in [-0.05, 0) is 43.2 Å². The molecule has 0 aliphatic carbocycles. The van der Waals surface area contributed by atoms with Gasteiger partial charge in [-0.1, -0.05) is 30.3 Å². The van der Waals surface area contributed by atoms with Gasteiger partial charge in [-0.3, -0.25) is 4.79 Å². The maximum Gasteiger partial charge on any atom is 0.412 e. The Labute approximate surface area is 141 Å². The molecule has 2 amide bonds.